The quantitative estimate of drug-likeness (QED) is 0.742. The van der Waals surface area contributed by atoms with Gasteiger partial charge in [-0.1, -0.05) is 0 Å². The molecule has 7 nitrogen and oxygen atoms in total. The minimum absolute atomic E-state index is 0.0490. The van der Waals surface area contributed by atoms with Crippen LogP contribution in [0.4, 0.5) is 4.79 Å². The average molecular weight is 349 g/mol. The summed E-state index contributed by atoms with van der Waals surface area (Å²) in [4.78, 5) is 17.8. The van der Waals surface area contributed by atoms with Crippen LogP contribution in [0.25, 0.3) is 0 Å². The van der Waals surface area contributed by atoms with Crippen molar-refractivity contribution in [3.63, 3.8) is 0 Å². The lowest BCUT2D eigenvalue weighted by atomic mass is 10.00. The molecule has 8 heteroatoms. The minimum Gasteiger partial charge on any atom is -0.383 e. The Balaban J connectivity index is 1.58. The molecule has 0 bridgehead atoms. The molecule has 2 heterocycles. The van der Waals surface area contributed by atoms with Crippen LogP contribution in [0.1, 0.15) is 41.3 Å². The van der Waals surface area contributed by atoms with Gasteiger partial charge in [-0.25, -0.2) is 9.78 Å². The molecule has 0 saturated heterocycles. The number of amides is 2. The van der Waals surface area contributed by atoms with Crippen molar-refractivity contribution in [3.05, 3.63) is 34.0 Å². The first kappa shape index (κ1) is 16.9. The molecule has 130 valence electrons. The van der Waals surface area contributed by atoms with Gasteiger partial charge < -0.3 is 15.7 Å². The predicted octanol–water partition coefficient (Wildman–Crippen LogP) is 1.84. The number of nitrogens with one attached hydrogen (secondary N) is 2. The van der Waals surface area contributed by atoms with Crippen LogP contribution in [0.2, 0.25) is 0 Å². The summed E-state index contributed by atoms with van der Waals surface area (Å²) >= 11 is 1.62. The van der Waals surface area contributed by atoms with Crippen LogP contribution in [0.15, 0.2) is 18.6 Å². The predicted molar refractivity (Wildman–Crippen MR) is 91.6 cm³/mol. The van der Waals surface area contributed by atoms with E-state index < -0.39 is 5.60 Å². The van der Waals surface area contributed by atoms with E-state index in [2.05, 4.69) is 20.7 Å². The highest BCUT2D eigenvalue weighted by Gasteiger charge is 2.35. The van der Waals surface area contributed by atoms with Crippen molar-refractivity contribution >= 4 is 17.4 Å². The van der Waals surface area contributed by atoms with Crippen LogP contribution in [-0.2, 0) is 12.6 Å². The van der Waals surface area contributed by atoms with Crippen molar-refractivity contribution in [2.45, 2.75) is 38.3 Å². The van der Waals surface area contributed by atoms with E-state index in [9.17, 15) is 9.90 Å². The molecule has 0 aromatic carbocycles. The van der Waals surface area contributed by atoms with Gasteiger partial charge in [0.25, 0.3) is 0 Å². The van der Waals surface area contributed by atoms with E-state index >= 15 is 0 Å². The maximum absolute atomic E-state index is 12.3. The molecular weight excluding hydrogens is 326 g/mol. The highest BCUT2D eigenvalue weighted by atomic mass is 32.1. The number of carbonyl (C=O) groups excluding carboxylic acids is 1. The first-order valence-electron chi connectivity index (χ1n) is 8.03. The van der Waals surface area contributed by atoms with Crippen LogP contribution in [0.3, 0.4) is 0 Å². The fourth-order valence-corrected chi connectivity index (χ4v) is 3.49. The molecule has 24 heavy (non-hydrogen) atoms. The Morgan fingerprint density at radius 1 is 1.54 bits per heavy atom. The van der Waals surface area contributed by atoms with Crippen LogP contribution in [0.5, 0.6) is 0 Å². The molecule has 2 atom stereocenters. The van der Waals surface area contributed by atoms with E-state index in [1.54, 1.807) is 42.4 Å². The summed E-state index contributed by atoms with van der Waals surface area (Å²) in [6.07, 6.45) is 7.39. The smallest absolute Gasteiger partial charge is 0.315 e. The van der Waals surface area contributed by atoms with Gasteiger partial charge >= 0.3 is 6.03 Å². The maximum atomic E-state index is 12.3. The monoisotopic (exact) mass is 349 g/mol. The molecule has 1 saturated carbocycles. The molecule has 1 aliphatic rings. The number of hydrogen-bond acceptors (Lipinski definition) is 5. The molecule has 0 spiro atoms. The molecule has 3 N–H and O–H groups in total. The second-order valence-electron chi connectivity index (χ2n) is 6.63. The summed E-state index contributed by atoms with van der Waals surface area (Å²) in [5.74, 6) is 0.458. The summed E-state index contributed by atoms with van der Waals surface area (Å²) in [5, 5.41) is 21.3. The lowest BCUT2D eigenvalue weighted by Gasteiger charge is -2.23. The van der Waals surface area contributed by atoms with Gasteiger partial charge in [0.15, 0.2) is 0 Å². The summed E-state index contributed by atoms with van der Waals surface area (Å²) in [7, 11) is 1.79. The van der Waals surface area contributed by atoms with Crippen molar-refractivity contribution in [1.82, 2.24) is 25.4 Å². The van der Waals surface area contributed by atoms with Crippen LogP contribution in [0, 0.1) is 12.8 Å². The van der Waals surface area contributed by atoms with E-state index in [0.29, 0.717) is 11.5 Å². The largest absolute Gasteiger partial charge is 0.383 e. The summed E-state index contributed by atoms with van der Waals surface area (Å²) in [6.45, 7) is 3.78. The standard InChI is InChI=1S/C16H23N5O2S/c1-10-6-17-14(24-10)13(11-4-5-11)20-15(22)18-9-16(2,23)12-7-19-21(3)8-12/h6-8,11,13,23H,4-5,9H2,1-3H3,(H2,18,20,22). The molecule has 2 amide bonds. The maximum Gasteiger partial charge on any atom is 0.315 e. The molecule has 1 aliphatic carbocycles. The molecule has 0 radical (unpaired) electrons. The molecule has 2 unspecified atom stereocenters. The van der Waals surface area contributed by atoms with E-state index in [4.69, 9.17) is 0 Å². The third-order valence-electron chi connectivity index (χ3n) is 4.21. The van der Waals surface area contributed by atoms with Gasteiger partial charge in [0.05, 0.1) is 18.8 Å². The number of aliphatic hydroxyl groups is 1. The SMILES string of the molecule is Cc1cnc(C(NC(=O)NCC(C)(O)c2cnn(C)c2)C2CC2)s1. The Kier molecular flexibility index (Phi) is 4.60. The zero-order chi connectivity index (χ0) is 17.3. The van der Waals surface area contributed by atoms with Crippen molar-refractivity contribution in [2.75, 3.05) is 6.54 Å². The third kappa shape index (κ3) is 3.93. The average Bonchev–Trinajstić information content (AvgIpc) is 3.12. The number of aryl methyl sites for hydroxylation is 2. The van der Waals surface area contributed by atoms with Crippen molar-refractivity contribution in [2.24, 2.45) is 13.0 Å². The molecule has 2 aromatic heterocycles. The minimum atomic E-state index is -1.17. The fraction of sp³-hybridized carbons (Fsp3) is 0.562. The van der Waals surface area contributed by atoms with Crippen LogP contribution in [-0.4, -0.2) is 32.4 Å². The number of urea groups is 1. The molecule has 2 aromatic rings. The second-order valence-corrected chi connectivity index (χ2v) is 7.89. The highest BCUT2D eigenvalue weighted by Crippen LogP contribution is 2.42. The van der Waals surface area contributed by atoms with E-state index in [-0.39, 0.29) is 18.6 Å². The topological polar surface area (TPSA) is 92.1 Å². The van der Waals surface area contributed by atoms with E-state index in [1.807, 2.05) is 13.1 Å². The second kappa shape index (κ2) is 6.52. The van der Waals surface area contributed by atoms with Crippen molar-refractivity contribution < 1.29 is 9.90 Å². The number of thiazole rings is 1. The molecule has 3 rings (SSSR count). The van der Waals surface area contributed by atoms with E-state index in [1.165, 1.54) is 0 Å². The third-order valence-corrected chi connectivity index (χ3v) is 5.20. The fourth-order valence-electron chi connectivity index (χ4n) is 2.57. The number of rotatable bonds is 6. The highest BCUT2D eigenvalue weighted by molar-refractivity contribution is 7.11. The van der Waals surface area contributed by atoms with Gasteiger partial charge in [-0.15, -0.1) is 11.3 Å². The Hall–Kier alpha value is -1.93. The van der Waals surface area contributed by atoms with Gasteiger partial charge in [0, 0.05) is 29.9 Å². The number of carbonyl (C=O) groups is 1. The summed E-state index contributed by atoms with van der Waals surface area (Å²) < 4.78 is 1.62. The Morgan fingerprint density at radius 2 is 2.29 bits per heavy atom. The van der Waals surface area contributed by atoms with Gasteiger partial charge in [0.2, 0.25) is 0 Å². The van der Waals surface area contributed by atoms with Crippen molar-refractivity contribution in [1.29, 1.82) is 0 Å². The normalized spacial score (nSPS) is 18.0. The zero-order valence-corrected chi connectivity index (χ0v) is 14.9. The molecule has 0 aliphatic heterocycles. The van der Waals surface area contributed by atoms with Crippen LogP contribution >= 0.6 is 11.3 Å². The number of aromatic nitrogens is 3. The first-order valence-corrected chi connectivity index (χ1v) is 8.85. The first-order chi connectivity index (χ1) is 11.3. The Labute approximate surface area is 145 Å². The Morgan fingerprint density at radius 3 is 2.83 bits per heavy atom. The lowest BCUT2D eigenvalue weighted by Crippen LogP contribution is -2.44. The van der Waals surface area contributed by atoms with Gasteiger partial charge in [0.1, 0.15) is 10.6 Å². The molecular formula is C16H23N5O2S. The van der Waals surface area contributed by atoms with Gasteiger partial charge in [-0.2, -0.15) is 5.10 Å². The van der Waals surface area contributed by atoms with Crippen LogP contribution < -0.4 is 10.6 Å². The van der Waals surface area contributed by atoms with Gasteiger partial charge in [-0.3, -0.25) is 4.68 Å². The van der Waals surface area contributed by atoms with Crippen molar-refractivity contribution in [3.8, 4) is 0 Å². The number of nitrogens with zero attached hydrogens (tertiary/aromatic N) is 3. The van der Waals surface area contributed by atoms with E-state index in [0.717, 1.165) is 22.7 Å². The molecule has 1 fully saturated rings. The summed E-state index contributed by atoms with van der Waals surface area (Å²) in [5.41, 5.74) is -0.502. The zero-order valence-electron chi connectivity index (χ0n) is 14.1. The number of hydrogen-bond donors (Lipinski definition) is 3. The van der Waals surface area contributed by atoms with Gasteiger partial charge in [-0.05, 0) is 32.6 Å². The summed E-state index contributed by atoms with van der Waals surface area (Å²) in [6, 6.07) is -0.337. The Bertz CT molecular complexity index is 720. The lowest BCUT2D eigenvalue weighted by molar-refractivity contribution is 0.0591.